The van der Waals surface area contributed by atoms with Gasteiger partial charge in [0.1, 0.15) is 0 Å². The number of carbonyl (C=O) groups excluding carboxylic acids is 1. The lowest BCUT2D eigenvalue weighted by Crippen LogP contribution is -2.36. The zero-order chi connectivity index (χ0) is 10.1. The van der Waals surface area contributed by atoms with Crippen LogP contribution in [-0.2, 0) is 9.53 Å². The molecule has 0 aliphatic heterocycles. The van der Waals surface area contributed by atoms with Crippen LogP contribution < -0.4 is 5.32 Å². The van der Waals surface area contributed by atoms with Crippen LogP contribution in [0.2, 0.25) is 0 Å². The second kappa shape index (κ2) is 7.76. The van der Waals surface area contributed by atoms with Gasteiger partial charge in [-0.2, -0.15) is 0 Å². The first-order valence-electron chi connectivity index (χ1n) is 4.27. The van der Waals surface area contributed by atoms with Crippen LogP contribution in [0.1, 0.15) is 0 Å². The molecule has 4 heteroatoms. The fourth-order valence-corrected chi connectivity index (χ4v) is 0.800. The van der Waals surface area contributed by atoms with Crippen molar-refractivity contribution in [1.82, 2.24) is 10.2 Å². The number of likely N-dealkylation sites (N-methyl/N-ethyl adjacent to an activating group) is 1. The average molecular weight is 186 g/mol. The number of carbonyl (C=O) groups is 1. The van der Waals surface area contributed by atoms with E-state index < -0.39 is 0 Å². The summed E-state index contributed by atoms with van der Waals surface area (Å²) in [4.78, 5) is 12.9. The van der Waals surface area contributed by atoms with Crippen molar-refractivity contribution < 1.29 is 9.53 Å². The van der Waals surface area contributed by atoms with E-state index in [2.05, 4.69) is 11.9 Å². The van der Waals surface area contributed by atoms with E-state index in [1.165, 1.54) is 0 Å². The van der Waals surface area contributed by atoms with E-state index in [-0.39, 0.29) is 5.91 Å². The summed E-state index contributed by atoms with van der Waals surface area (Å²) in [6.07, 6.45) is 1.70. The van der Waals surface area contributed by atoms with E-state index in [1.807, 2.05) is 0 Å². The highest BCUT2D eigenvalue weighted by Crippen LogP contribution is 1.83. The van der Waals surface area contributed by atoms with Gasteiger partial charge in [0.05, 0.1) is 13.2 Å². The number of nitrogens with zero attached hydrogens (tertiary/aromatic N) is 1. The van der Waals surface area contributed by atoms with Crippen LogP contribution in [0.15, 0.2) is 12.7 Å². The van der Waals surface area contributed by atoms with Crippen LogP contribution in [-0.4, -0.2) is 51.2 Å². The predicted molar refractivity (Wildman–Crippen MR) is 52.6 cm³/mol. The molecule has 4 nitrogen and oxygen atoms in total. The van der Waals surface area contributed by atoms with E-state index >= 15 is 0 Å². The van der Waals surface area contributed by atoms with Crippen molar-refractivity contribution in [1.29, 1.82) is 0 Å². The van der Waals surface area contributed by atoms with Crippen molar-refractivity contribution in [3.63, 3.8) is 0 Å². The molecule has 0 spiro atoms. The summed E-state index contributed by atoms with van der Waals surface area (Å²) in [6.45, 7) is 5.82. The molecule has 0 unspecified atom stereocenters. The monoisotopic (exact) mass is 186 g/mol. The van der Waals surface area contributed by atoms with Crippen LogP contribution in [0.4, 0.5) is 0 Å². The normalized spacial score (nSPS) is 9.69. The Kier molecular flexibility index (Phi) is 7.24. The van der Waals surface area contributed by atoms with Gasteiger partial charge in [0.25, 0.3) is 0 Å². The largest absolute Gasteiger partial charge is 0.383 e. The summed E-state index contributed by atoms with van der Waals surface area (Å²) in [6, 6.07) is 0. The van der Waals surface area contributed by atoms with E-state index in [0.717, 1.165) is 0 Å². The predicted octanol–water partition coefficient (Wildman–Crippen LogP) is -0.133. The molecule has 13 heavy (non-hydrogen) atoms. The van der Waals surface area contributed by atoms with Crippen molar-refractivity contribution in [2.75, 3.05) is 40.4 Å². The summed E-state index contributed by atoms with van der Waals surface area (Å²) >= 11 is 0. The molecule has 1 amide bonds. The third kappa shape index (κ3) is 6.31. The van der Waals surface area contributed by atoms with Crippen molar-refractivity contribution in [2.24, 2.45) is 0 Å². The fraction of sp³-hybridized carbons (Fsp3) is 0.667. The molecule has 0 aromatic heterocycles. The minimum Gasteiger partial charge on any atom is -0.383 e. The van der Waals surface area contributed by atoms with Crippen LogP contribution in [0.25, 0.3) is 0 Å². The minimum absolute atomic E-state index is 0.0657. The molecule has 0 bridgehead atoms. The molecule has 76 valence electrons. The van der Waals surface area contributed by atoms with Gasteiger partial charge in [0, 0.05) is 27.2 Å². The van der Waals surface area contributed by atoms with Gasteiger partial charge < -0.3 is 15.0 Å². The van der Waals surface area contributed by atoms with E-state index in [4.69, 9.17) is 4.74 Å². The van der Waals surface area contributed by atoms with Crippen molar-refractivity contribution in [3.8, 4) is 0 Å². The van der Waals surface area contributed by atoms with Crippen LogP contribution in [0.3, 0.4) is 0 Å². The molecular formula is C9H18N2O2. The highest BCUT2D eigenvalue weighted by molar-refractivity contribution is 5.78. The highest BCUT2D eigenvalue weighted by atomic mass is 16.5. The Morgan fingerprint density at radius 3 is 2.92 bits per heavy atom. The van der Waals surface area contributed by atoms with E-state index in [1.54, 1.807) is 25.1 Å². The molecular weight excluding hydrogens is 168 g/mol. The van der Waals surface area contributed by atoms with Gasteiger partial charge >= 0.3 is 0 Å². The number of hydrogen-bond donors (Lipinski definition) is 1. The Labute approximate surface area is 79.6 Å². The van der Waals surface area contributed by atoms with Crippen LogP contribution in [0, 0.1) is 0 Å². The molecule has 0 fully saturated rings. The fourth-order valence-electron chi connectivity index (χ4n) is 0.800. The van der Waals surface area contributed by atoms with Crippen molar-refractivity contribution in [3.05, 3.63) is 12.7 Å². The maximum Gasteiger partial charge on any atom is 0.236 e. The Hall–Kier alpha value is -0.870. The summed E-state index contributed by atoms with van der Waals surface area (Å²) in [5, 5.41) is 2.97. The van der Waals surface area contributed by atoms with Gasteiger partial charge in [-0.05, 0) is 0 Å². The van der Waals surface area contributed by atoms with Gasteiger partial charge in [-0.15, -0.1) is 6.58 Å². The first-order chi connectivity index (χ1) is 6.22. The quantitative estimate of drug-likeness (QED) is 0.445. The maximum atomic E-state index is 11.3. The number of hydrogen-bond acceptors (Lipinski definition) is 3. The van der Waals surface area contributed by atoms with E-state index in [0.29, 0.717) is 26.2 Å². The van der Waals surface area contributed by atoms with Crippen LogP contribution in [0.5, 0.6) is 0 Å². The van der Waals surface area contributed by atoms with Gasteiger partial charge in [0.2, 0.25) is 5.91 Å². The molecule has 0 rings (SSSR count). The van der Waals surface area contributed by atoms with E-state index in [9.17, 15) is 4.79 Å². The topological polar surface area (TPSA) is 41.6 Å². The molecule has 0 radical (unpaired) electrons. The smallest absolute Gasteiger partial charge is 0.236 e. The average Bonchev–Trinajstić information content (AvgIpc) is 2.12. The molecule has 0 saturated carbocycles. The number of methoxy groups -OCH3 is 1. The maximum absolute atomic E-state index is 11.3. The first-order valence-corrected chi connectivity index (χ1v) is 4.27. The summed E-state index contributed by atoms with van der Waals surface area (Å²) in [5.41, 5.74) is 0. The van der Waals surface area contributed by atoms with Crippen molar-refractivity contribution in [2.45, 2.75) is 0 Å². The number of nitrogens with one attached hydrogen (secondary N) is 1. The molecule has 0 aromatic rings. The van der Waals surface area contributed by atoms with Gasteiger partial charge in [-0.3, -0.25) is 4.79 Å². The SMILES string of the molecule is C=CCN(C)C(=O)CNCCOC. The summed E-state index contributed by atoms with van der Waals surface area (Å²) < 4.78 is 4.83. The van der Waals surface area contributed by atoms with Crippen molar-refractivity contribution >= 4 is 5.91 Å². The second-order valence-corrected chi connectivity index (χ2v) is 2.73. The number of rotatable bonds is 7. The lowest BCUT2D eigenvalue weighted by molar-refractivity contribution is -0.128. The zero-order valence-corrected chi connectivity index (χ0v) is 8.38. The molecule has 0 aliphatic rings. The van der Waals surface area contributed by atoms with Crippen LogP contribution >= 0.6 is 0 Å². The molecule has 0 aliphatic carbocycles. The standard InChI is InChI=1S/C9H18N2O2/c1-4-6-11(2)9(12)8-10-5-7-13-3/h4,10H,1,5-8H2,2-3H3. The van der Waals surface area contributed by atoms with Gasteiger partial charge in [-0.1, -0.05) is 6.08 Å². The highest BCUT2D eigenvalue weighted by Gasteiger charge is 2.04. The third-order valence-electron chi connectivity index (χ3n) is 1.59. The Morgan fingerprint density at radius 2 is 2.38 bits per heavy atom. The zero-order valence-electron chi connectivity index (χ0n) is 8.38. The molecule has 0 aromatic carbocycles. The summed E-state index contributed by atoms with van der Waals surface area (Å²) in [7, 11) is 3.38. The molecule has 0 saturated heterocycles. The third-order valence-corrected chi connectivity index (χ3v) is 1.59. The number of ether oxygens (including phenoxy) is 1. The summed E-state index contributed by atoms with van der Waals surface area (Å²) in [5.74, 6) is 0.0657. The molecule has 1 N–H and O–H groups in total. The lowest BCUT2D eigenvalue weighted by atomic mass is 10.4. The molecule has 0 heterocycles. The Bertz CT molecular complexity index is 160. The Morgan fingerprint density at radius 1 is 1.69 bits per heavy atom. The minimum atomic E-state index is 0.0657. The molecule has 0 atom stereocenters. The first kappa shape index (κ1) is 12.1. The van der Waals surface area contributed by atoms with Gasteiger partial charge in [0.15, 0.2) is 0 Å². The number of amides is 1. The lowest BCUT2D eigenvalue weighted by Gasteiger charge is -2.14. The Balaban J connectivity index is 3.44. The second-order valence-electron chi connectivity index (χ2n) is 2.73. The van der Waals surface area contributed by atoms with Gasteiger partial charge in [-0.25, -0.2) is 0 Å².